The van der Waals surface area contributed by atoms with Gasteiger partial charge in [0.2, 0.25) is 0 Å². The van der Waals surface area contributed by atoms with E-state index in [1.165, 1.54) is 12.1 Å². The summed E-state index contributed by atoms with van der Waals surface area (Å²) in [6, 6.07) is 5.34. The first-order valence-electron chi connectivity index (χ1n) is 9.65. The van der Waals surface area contributed by atoms with Crippen molar-refractivity contribution in [1.82, 2.24) is 19.6 Å². The zero-order valence-corrected chi connectivity index (χ0v) is 16.6. The molecule has 0 amide bonds. The number of fused-ring (bicyclic) bond motifs is 1. The van der Waals surface area contributed by atoms with Crippen LogP contribution in [0.25, 0.3) is 0 Å². The smallest absolute Gasteiger partial charge is 0.267 e. The van der Waals surface area contributed by atoms with E-state index in [0.717, 1.165) is 68.0 Å². The minimum absolute atomic E-state index is 0.0264. The summed E-state index contributed by atoms with van der Waals surface area (Å²) in [5.41, 5.74) is 2.51. The number of piperazine rings is 1. The SMILES string of the molecule is O=c1cc2c(nn1CCN1CCN(Cc3cc(F)ccc3F)CC1)CCSC2. The second kappa shape index (κ2) is 8.71. The van der Waals surface area contributed by atoms with Crippen molar-refractivity contribution in [1.29, 1.82) is 0 Å². The predicted octanol–water partition coefficient (Wildman–Crippen LogP) is 2.13. The molecule has 1 saturated heterocycles. The maximum absolute atomic E-state index is 13.8. The van der Waals surface area contributed by atoms with Crippen LogP contribution in [-0.2, 0) is 25.3 Å². The third-order valence-electron chi connectivity index (χ3n) is 5.40. The molecule has 4 rings (SSSR count). The summed E-state index contributed by atoms with van der Waals surface area (Å²) in [5, 5.41) is 4.56. The molecule has 2 aliphatic rings. The summed E-state index contributed by atoms with van der Waals surface area (Å²) in [6.07, 6.45) is 0.926. The van der Waals surface area contributed by atoms with E-state index in [-0.39, 0.29) is 11.4 Å². The van der Waals surface area contributed by atoms with Gasteiger partial charge < -0.3 is 0 Å². The van der Waals surface area contributed by atoms with E-state index in [0.29, 0.717) is 18.7 Å². The lowest BCUT2D eigenvalue weighted by atomic mass is 10.1. The third kappa shape index (κ3) is 4.61. The van der Waals surface area contributed by atoms with Crippen molar-refractivity contribution in [3.05, 3.63) is 63.1 Å². The Morgan fingerprint density at radius 2 is 1.82 bits per heavy atom. The fraction of sp³-hybridized carbons (Fsp3) is 0.500. The maximum Gasteiger partial charge on any atom is 0.267 e. The molecule has 0 N–H and O–H groups in total. The molecule has 0 aliphatic carbocycles. The summed E-state index contributed by atoms with van der Waals surface area (Å²) in [4.78, 5) is 16.7. The lowest BCUT2D eigenvalue weighted by Crippen LogP contribution is -2.47. The number of thioether (sulfide) groups is 1. The van der Waals surface area contributed by atoms with Gasteiger partial charge in [-0.05, 0) is 29.5 Å². The molecule has 2 aromatic rings. The van der Waals surface area contributed by atoms with Crippen LogP contribution in [0.15, 0.2) is 29.1 Å². The Balaban J connectivity index is 1.29. The number of rotatable bonds is 5. The van der Waals surface area contributed by atoms with Crippen LogP contribution in [0, 0.1) is 11.6 Å². The normalized spacial score (nSPS) is 18.2. The highest BCUT2D eigenvalue weighted by Gasteiger charge is 2.19. The number of aryl methyl sites for hydroxylation is 1. The van der Waals surface area contributed by atoms with E-state index in [1.807, 2.05) is 11.8 Å². The minimum atomic E-state index is -0.406. The number of halogens is 2. The number of hydrogen-bond acceptors (Lipinski definition) is 5. The molecule has 0 unspecified atom stereocenters. The number of aromatic nitrogens is 2. The first-order chi connectivity index (χ1) is 13.6. The van der Waals surface area contributed by atoms with Gasteiger partial charge in [-0.15, -0.1) is 0 Å². The van der Waals surface area contributed by atoms with Crippen molar-refractivity contribution in [2.75, 3.05) is 38.5 Å². The molecule has 0 atom stereocenters. The molecule has 28 heavy (non-hydrogen) atoms. The second-order valence-electron chi connectivity index (χ2n) is 7.33. The summed E-state index contributed by atoms with van der Waals surface area (Å²) >= 11 is 1.85. The molecule has 8 heteroatoms. The molecule has 1 fully saturated rings. The van der Waals surface area contributed by atoms with Crippen molar-refractivity contribution >= 4 is 11.8 Å². The van der Waals surface area contributed by atoms with E-state index in [9.17, 15) is 13.6 Å². The van der Waals surface area contributed by atoms with E-state index in [4.69, 9.17) is 0 Å². The van der Waals surface area contributed by atoms with Crippen molar-refractivity contribution in [2.45, 2.75) is 25.3 Å². The van der Waals surface area contributed by atoms with E-state index < -0.39 is 5.82 Å². The highest BCUT2D eigenvalue weighted by Crippen LogP contribution is 2.21. The van der Waals surface area contributed by atoms with Gasteiger partial charge in [0.25, 0.3) is 5.56 Å². The molecule has 0 bridgehead atoms. The predicted molar refractivity (Wildman–Crippen MR) is 106 cm³/mol. The topological polar surface area (TPSA) is 41.4 Å². The van der Waals surface area contributed by atoms with E-state index in [2.05, 4.69) is 14.9 Å². The van der Waals surface area contributed by atoms with Crippen LogP contribution >= 0.6 is 11.8 Å². The minimum Gasteiger partial charge on any atom is -0.299 e. The van der Waals surface area contributed by atoms with Gasteiger partial charge >= 0.3 is 0 Å². The Kier molecular flexibility index (Phi) is 6.08. The van der Waals surface area contributed by atoms with Crippen LogP contribution in [0.1, 0.15) is 16.8 Å². The Morgan fingerprint density at radius 1 is 1.04 bits per heavy atom. The lowest BCUT2D eigenvalue weighted by molar-refractivity contribution is 0.121. The van der Waals surface area contributed by atoms with Crippen molar-refractivity contribution in [2.24, 2.45) is 0 Å². The van der Waals surface area contributed by atoms with Crippen molar-refractivity contribution < 1.29 is 8.78 Å². The first-order valence-corrected chi connectivity index (χ1v) is 10.8. The van der Waals surface area contributed by atoms with Gasteiger partial charge in [-0.3, -0.25) is 14.6 Å². The molecule has 0 radical (unpaired) electrons. The number of benzene rings is 1. The Morgan fingerprint density at radius 3 is 2.64 bits per heavy atom. The van der Waals surface area contributed by atoms with Gasteiger partial charge in [-0.25, -0.2) is 13.5 Å². The first kappa shape index (κ1) is 19.5. The highest BCUT2D eigenvalue weighted by atomic mass is 32.2. The van der Waals surface area contributed by atoms with E-state index in [1.54, 1.807) is 10.7 Å². The fourth-order valence-electron chi connectivity index (χ4n) is 3.73. The van der Waals surface area contributed by atoms with Gasteiger partial charge in [-0.1, -0.05) is 0 Å². The van der Waals surface area contributed by atoms with Gasteiger partial charge in [-0.2, -0.15) is 16.9 Å². The van der Waals surface area contributed by atoms with Gasteiger partial charge in [0, 0.05) is 63.1 Å². The number of nitrogens with zero attached hydrogens (tertiary/aromatic N) is 4. The lowest BCUT2D eigenvalue weighted by Gasteiger charge is -2.34. The van der Waals surface area contributed by atoms with Crippen LogP contribution in [0.5, 0.6) is 0 Å². The summed E-state index contributed by atoms with van der Waals surface area (Å²) in [5.74, 6) is 1.18. The van der Waals surface area contributed by atoms with Gasteiger partial charge in [0.05, 0.1) is 12.2 Å². The molecule has 0 saturated carbocycles. The summed E-state index contributed by atoms with van der Waals surface area (Å²) in [6.45, 7) is 5.03. The summed E-state index contributed by atoms with van der Waals surface area (Å²) < 4.78 is 28.7. The second-order valence-corrected chi connectivity index (χ2v) is 8.44. The Hall–Kier alpha value is -1.77. The van der Waals surface area contributed by atoms with Gasteiger partial charge in [0.1, 0.15) is 11.6 Å². The quantitative estimate of drug-likeness (QED) is 0.761. The zero-order valence-electron chi connectivity index (χ0n) is 15.7. The van der Waals surface area contributed by atoms with Crippen LogP contribution in [0.3, 0.4) is 0 Å². The van der Waals surface area contributed by atoms with Crippen LogP contribution in [-0.4, -0.2) is 58.1 Å². The average Bonchev–Trinajstić information content (AvgIpc) is 2.70. The van der Waals surface area contributed by atoms with E-state index >= 15 is 0 Å². The molecule has 150 valence electrons. The molecule has 1 aromatic carbocycles. The van der Waals surface area contributed by atoms with Crippen LogP contribution < -0.4 is 5.56 Å². The summed E-state index contributed by atoms with van der Waals surface area (Å²) in [7, 11) is 0. The monoisotopic (exact) mass is 406 g/mol. The van der Waals surface area contributed by atoms with Crippen LogP contribution in [0.2, 0.25) is 0 Å². The molecule has 2 aliphatic heterocycles. The fourth-order valence-corrected chi connectivity index (χ4v) is 4.68. The standard InChI is InChI=1S/C20H24F2N4OS/c21-17-1-2-18(22)15(11-17)13-25-6-4-24(5-7-25)8-9-26-20(27)12-16-14-28-10-3-19(16)23-26/h1-2,11-12H,3-10,13-14H2. The maximum atomic E-state index is 13.8. The third-order valence-corrected chi connectivity index (χ3v) is 6.41. The van der Waals surface area contributed by atoms with Crippen LogP contribution in [0.4, 0.5) is 8.78 Å². The van der Waals surface area contributed by atoms with Gasteiger partial charge in [0.15, 0.2) is 0 Å². The molecule has 0 spiro atoms. The molecular formula is C20H24F2N4OS. The number of hydrogen-bond donors (Lipinski definition) is 0. The molecular weight excluding hydrogens is 382 g/mol. The zero-order chi connectivity index (χ0) is 19.5. The molecule has 3 heterocycles. The Labute approximate surface area is 167 Å². The highest BCUT2D eigenvalue weighted by molar-refractivity contribution is 7.98. The average molecular weight is 407 g/mol. The molecule has 1 aromatic heterocycles. The molecule has 5 nitrogen and oxygen atoms in total. The van der Waals surface area contributed by atoms with Crippen molar-refractivity contribution in [3.8, 4) is 0 Å². The van der Waals surface area contributed by atoms with Crippen molar-refractivity contribution in [3.63, 3.8) is 0 Å². The largest absolute Gasteiger partial charge is 0.299 e. The Bertz CT molecular complexity index is 896.